The summed E-state index contributed by atoms with van der Waals surface area (Å²) in [4.78, 5) is 11.8. The molecule has 0 atom stereocenters. The number of carbonyl (C=O) groups is 1. The van der Waals surface area contributed by atoms with E-state index >= 15 is 0 Å². The van der Waals surface area contributed by atoms with Crippen molar-refractivity contribution in [1.29, 1.82) is 0 Å². The SMILES string of the molecule is CCC(CC)(CO)CNC(=O)/C=C/c1ccc(N)cc1. The minimum Gasteiger partial charge on any atom is -0.399 e. The molecule has 0 saturated heterocycles. The lowest BCUT2D eigenvalue weighted by Crippen LogP contribution is -2.38. The van der Waals surface area contributed by atoms with Crippen molar-refractivity contribution in [2.45, 2.75) is 26.7 Å². The van der Waals surface area contributed by atoms with Crippen LogP contribution in [0.1, 0.15) is 32.3 Å². The van der Waals surface area contributed by atoms with Crippen LogP contribution in [0, 0.1) is 5.41 Å². The Kier molecular flexibility index (Phi) is 6.25. The maximum Gasteiger partial charge on any atom is 0.244 e. The van der Waals surface area contributed by atoms with Gasteiger partial charge in [0.1, 0.15) is 0 Å². The average molecular weight is 276 g/mol. The molecule has 20 heavy (non-hydrogen) atoms. The van der Waals surface area contributed by atoms with Crippen LogP contribution in [0.2, 0.25) is 0 Å². The van der Waals surface area contributed by atoms with Gasteiger partial charge in [-0.25, -0.2) is 0 Å². The Morgan fingerprint density at radius 1 is 1.30 bits per heavy atom. The lowest BCUT2D eigenvalue weighted by molar-refractivity contribution is -0.117. The van der Waals surface area contributed by atoms with E-state index in [9.17, 15) is 9.90 Å². The average Bonchev–Trinajstić information content (AvgIpc) is 2.48. The highest BCUT2D eigenvalue weighted by atomic mass is 16.3. The van der Waals surface area contributed by atoms with Crippen molar-refractivity contribution in [1.82, 2.24) is 5.32 Å². The van der Waals surface area contributed by atoms with E-state index in [2.05, 4.69) is 5.32 Å². The van der Waals surface area contributed by atoms with Gasteiger partial charge in [0.25, 0.3) is 0 Å². The Hall–Kier alpha value is -1.81. The number of anilines is 1. The second-order valence-electron chi connectivity index (χ2n) is 5.08. The highest BCUT2D eigenvalue weighted by Gasteiger charge is 2.25. The summed E-state index contributed by atoms with van der Waals surface area (Å²) in [5.74, 6) is -0.151. The van der Waals surface area contributed by atoms with Crippen molar-refractivity contribution in [2.24, 2.45) is 5.41 Å². The molecule has 0 aliphatic rings. The molecule has 1 aromatic rings. The number of aliphatic hydroxyl groups is 1. The van der Waals surface area contributed by atoms with Crippen LogP contribution >= 0.6 is 0 Å². The zero-order valence-corrected chi connectivity index (χ0v) is 12.2. The lowest BCUT2D eigenvalue weighted by Gasteiger charge is -2.29. The molecule has 4 nitrogen and oxygen atoms in total. The van der Waals surface area contributed by atoms with Gasteiger partial charge in [-0.05, 0) is 36.6 Å². The summed E-state index contributed by atoms with van der Waals surface area (Å²) in [6.45, 7) is 4.62. The third kappa shape index (κ3) is 4.70. The maximum absolute atomic E-state index is 11.8. The zero-order valence-electron chi connectivity index (χ0n) is 12.2. The molecule has 4 N–H and O–H groups in total. The fraction of sp³-hybridized carbons (Fsp3) is 0.438. The van der Waals surface area contributed by atoms with E-state index in [1.165, 1.54) is 6.08 Å². The van der Waals surface area contributed by atoms with Gasteiger partial charge in [0, 0.05) is 23.7 Å². The van der Waals surface area contributed by atoms with Crippen molar-refractivity contribution in [2.75, 3.05) is 18.9 Å². The molecule has 1 rings (SSSR count). The lowest BCUT2D eigenvalue weighted by atomic mass is 9.83. The summed E-state index contributed by atoms with van der Waals surface area (Å²) in [6.07, 6.45) is 4.91. The summed E-state index contributed by atoms with van der Waals surface area (Å²) in [7, 11) is 0. The Morgan fingerprint density at radius 2 is 1.90 bits per heavy atom. The predicted octanol–water partition coefficient (Wildman–Crippen LogP) is 2.20. The van der Waals surface area contributed by atoms with Crippen LogP contribution in [0.15, 0.2) is 30.3 Å². The Morgan fingerprint density at radius 3 is 2.40 bits per heavy atom. The van der Waals surface area contributed by atoms with Crippen LogP contribution in [-0.2, 0) is 4.79 Å². The fourth-order valence-corrected chi connectivity index (χ4v) is 1.89. The first-order chi connectivity index (χ1) is 9.55. The molecule has 0 radical (unpaired) electrons. The molecule has 0 bridgehead atoms. The summed E-state index contributed by atoms with van der Waals surface area (Å²) >= 11 is 0. The minimum atomic E-state index is -0.218. The van der Waals surface area contributed by atoms with E-state index in [1.54, 1.807) is 18.2 Å². The predicted molar refractivity (Wildman–Crippen MR) is 83.0 cm³/mol. The summed E-state index contributed by atoms with van der Waals surface area (Å²) in [5.41, 5.74) is 7.00. The number of nitrogens with two attached hydrogens (primary N) is 1. The van der Waals surface area contributed by atoms with Gasteiger partial charge in [-0.1, -0.05) is 26.0 Å². The molecule has 0 fully saturated rings. The molecule has 0 heterocycles. The van der Waals surface area contributed by atoms with Gasteiger partial charge in [-0.15, -0.1) is 0 Å². The normalized spacial score (nSPS) is 11.8. The molecule has 1 amide bonds. The molecular formula is C16H24N2O2. The van der Waals surface area contributed by atoms with Gasteiger partial charge in [-0.3, -0.25) is 4.79 Å². The smallest absolute Gasteiger partial charge is 0.244 e. The Labute approximate surface area is 120 Å². The minimum absolute atomic E-state index is 0.0853. The second-order valence-corrected chi connectivity index (χ2v) is 5.08. The maximum atomic E-state index is 11.8. The van der Waals surface area contributed by atoms with Gasteiger partial charge >= 0.3 is 0 Å². The number of amides is 1. The molecule has 0 spiro atoms. The molecule has 1 aromatic carbocycles. The van der Waals surface area contributed by atoms with Gasteiger partial charge in [-0.2, -0.15) is 0 Å². The first-order valence-corrected chi connectivity index (χ1v) is 6.97. The number of nitrogen functional groups attached to an aromatic ring is 1. The van der Waals surface area contributed by atoms with Crippen molar-refractivity contribution in [3.05, 3.63) is 35.9 Å². The van der Waals surface area contributed by atoms with Gasteiger partial charge in [0.05, 0.1) is 6.61 Å². The van der Waals surface area contributed by atoms with E-state index < -0.39 is 0 Å². The first-order valence-electron chi connectivity index (χ1n) is 6.97. The van der Waals surface area contributed by atoms with Crippen LogP contribution in [0.25, 0.3) is 6.08 Å². The third-order valence-electron chi connectivity index (χ3n) is 3.84. The topological polar surface area (TPSA) is 75.3 Å². The largest absolute Gasteiger partial charge is 0.399 e. The quantitative estimate of drug-likeness (QED) is 0.528. The number of hydrogen-bond acceptors (Lipinski definition) is 3. The molecule has 0 saturated carbocycles. The van der Waals surface area contributed by atoms with Crippen molar-refractivity contribution >= 4 is 17.7 Å². The van der Waals surface area contributed by atoms with Crippen LogP contribution in [0.5, 0.6) is 0 Å². The van der Waals surface area contributed by atoms with Crippen molar-refractivity contribution < 1.29 is 9.90 Å². The number of aliphatic hydroxyl groups excluding tert-OH is 1. The number of carbonyl (C=O) groups excluding carboxylic acids is 1. The van der Waals surface area contributed by atoms with Gasteiger partial charge < -0.3 is 16.2 Å². The molecule has 0 aliphatic heterocycles. The molecule has 110 valence electrons. The number of nitrogens with one attached hydrogen (secondary N) is 1. The summed E-state index contributed by atoms with van der Waals surface area (Å²) in [6, 6.07) is 7.30. The van der Waals surface area contributed by atoms with Crippen molar-refractivity contribution in [3.8, 4) is 0 Å². The second kappa shape index (κ2) is 7.70. The number of benzene rings is 1. The van der Waals surface area contributed by atoms with E-state index in [1.807, 2.05) is 26.0 Å². The van der Waals surface area contributed by atoms with E-state index in [0.717, 1.165) is 18.4 Å². The van der Waals surface area contributed by atoms with E-state index in [0.29, 0.717) is 12.2 Å². The Balaban J connectivity index is 2.53. The van der Waals surface area contributed by atoms with Gasteiger partial charge in [0.15, 0.2) is 0 Å². The number of rotatable bonds is 7. The van der Waals surface area contributed by atoms with Crippen LogP contribution in [-0.4, -0.2) is 24.2 Å². The van der Waals surface area contributed by atoms with Gasteiger partial charge in [0.2, 0.25) is 5.91 Å². The number of hydrogen-bond donors (Lipinski definition) is 3. The van der Waals surface area contributed by atoms with E-state index in [4.69, 9.17) is 5.73 Å². The third-order valence-corrected chi connectivity index (χ3v) is 3.84. The molecule has 0 aromatic heterocycles. The molecule has 0 aliphatic carbocycles. The molecule has 4 heteroatoms. The zero-order chi connectivity index (χ0) is 15.0. The Bertz CT molecular complexity index is 440. The summed E-state index contributed by atoms with van der Waals surface area (Å²) in [5, 5.41) is 12.3. The summed E-state index contributed by atoms with van der Waals surface area (Å²) < 4.78 is 0. The van der Waals surface area contributed by atoms with E-state index in [-0.39, 0.29) is 17.9 Å². The monoisotopic (exact) mass is 276 g/mol. The molecular weight excluding hydrogens is 252 g/mol. The highest BCUT2D eigenvalue weighted by Crippen LogP contribution is 2.24. The van der Waals surface area contributed by atoms with Crippen LogP contribution in [0.3, 0.4) is 0 Å². The first kappa shape index (κ1) is 16.2. The molecule has 0 unspecified atom stereocenters. The fourth-order valence-electron chi connectivity index (χ4n) is 1.89. The van der Waals surface area contributed by atoms with Crippen LogP contribution in [0.4, 0.5) is 5.69 Å². The highest BCUT2D eigenvalue weighted by molar-refractivity contribution is 5.91. The standard InChI is InChI=1S/C16H24N2O2/c1-3-16(4-2,12-19)11-18-15(20)10-7-13-5-8-14(17)9-6-13/h5-10,19H,3-4,11-12,17H2,1-2H3,(H,18,20)/b10-7+. The van der Waals surface area contributed by atoms with Crippen LogP contribution < -0.4 is 11.1 Å². The van der Waals surface area contributed by atoms with Crippen molar-refractivity contribution in [3.63, 3.8) is 0 Å².